The van der Waals surface area contributed by atoms with E-state index < -0.39 is 0 Å². The number of nitrogens with one attached hydrogen (secondary N) is 1. The van der Waals surface area contributed by atoms with Crippen LogP contribution in [0.25, 0.3) is 0 Å². The quantitative estimate of drug-likeness (QED) is 0.785. The summed E-state index contributed by atoms with van der Waals surface area (Å²) < 4.78 is 1.74. The first-order chi connectivity index (χ1) is 8.25. The van der Waals surface area contributed by atoms with Crippen LogP contribution in [0.1, 0.15) is 27.3 Å². The SMILES string of the molecule is Cn1ccnc1C(=O)c1ccc2c(c1)CNC2. The van der Waals surface area contributed by atoms with Crippen LogP contribution in [0.2, 0.25) is 0 Å². The van der Waals surface area contributed by atoms with Gasteiger partial charge < -0.3 is 9.88 Å². The van der Waals surface area contributed by atoms with Gasteiger partial charge in [-0.1, -0.05) is 12.1 Å². The Morgan fingerprint density at radius 3 is 2.94 bits per heavy atom. The van der Waals surface area contributed by atoms with Gasteiger partial charge in [0, 0.05) is 38.1 Å². The largest absolute Gasteiger partial charge is 0.331 e. The first-order valence-electron chi connectivity index (χ1n) is 5.60. The molecule has 0 saturated heterocycles. The Balaban J connectivity index is 2.00. The summed E-state index contributed by atoms with van der Waals surface area (Å²) in [4.78, 5) is 16.3. The molecule has 4 nitrogen and oxygen atoms in total. The smallest absolute Gasteiger partial charge is 0.228 e. The fourth-order valence-corrected chi connectivity index (χ4v) is 2.15. The second-order valence-corrected chi connectivity index (χ2v) is 4.28. The van der Waals surface area contributed by atoms with E-state index in [0.29, 0.717) is 11.4 Å². The van der Waals surface area contributed by atoms with E-state index in [0.717, 1.165) is 13.1 Å². The summed E-state index contributed by atoms with van der Waals surface area (Å²) in [6.07, 6.45) is 3.42. The van der Waals surface area contributed by atoms with Gasteiger partial charge in [0.25, 0.3) is 0 Å². The van der Waals surface area contributed by atoms with E-state index in [-0.39, 0.29) is 5.78 Å². The number of imidazole rings is 1. The van der Waals surface area contributed by atoms with Crippen molar-refractivity contribution in [2.24, 2.45) is 7.05 Å². The third-order valence-corrected chi connectivity index (χ3v) is 3.12. The molecule has 17 heavy (non-hydrogen) atoms. The van der Waals surface area contributed by atoms with Gasteiger partial charge in [-0.3, -0.25) is 4.79 Å². The zero-order valence-electron chi connectivity index (χ0n) is 9.60. The molecular weight excluding hydrogens is 214 g/mol. The number of hydrogen-bond donors (Lipinski definition) is 1. The van der Waals surface area contributed by atoms with Gasteiger partial charge in [-0.15, -0.1) is 0 Å². The molecule has 1 aromatic carbocycles. The van der Waals surface area contributed by atoms with Crippen molar-refractivity contribution in [3.8, 4) is 0 Å². The molecule has 1 aromatic heterocycles. The number of fused-ring (bicyclic) bond motifs is 1. The molecule has 0 radical (unpaired) electrons. The van der Waals surface area contributed by atoms with Crippen molar-refractivity contribution < 1.29 is 4.79 Å². The highest BCUT2D eigenvalue weighted by molar-refractivity contribution is 6.06. The number of rotatable bonds is 2. The summed E-state index contributed by atoms with van der Waals surface area (Å²) in [7, 11) is 1.83. The van der Waals surface area contributed by atoms with Gasteiger partial charge >= 0.3 is 0 Å². The van der Waals surface area contributed by atoms with E-state index in [2.05, 4.69) is 10.3 Å². The molecular formula is C13H13N3O. The van der Waals surface area contributed by atoms with Gasteiger partial charge in [-0.2, -0.15) is 0 Å². The number of hydrogen-bond acceptors (Lipinski definition) is 3. The van der Waals surface area contributed by atoms with Crippen molar-refractivity contribution in [2.75, 3.05) is 0 Å². The van der Waals surface area contributed by atoms with Crippen LogP contribution in [0.15, 0.2) is 30.6 Å². The maximum absolute atomic E-state index is 12.2. The molecule has 0 saturated carbocycles. The maximum atomic E-state index is 12.2. The molecule has 86 valence electrons. The predicted octanol–water partition coefficient (Wildman–Crippen LogP) is 1.25. The Morgan fingerprint density at radius 2 is 2.18 bits per heavy atom. The van der Waals surface area contributed by atoms with Crippen LogP contribution in [0, 0.1) is 0 Å². The highest BCUT2D eigenvalue weighted by atomic mass is 16.1. The lowest BCUT2D eigenvalue weighted by Crippen LogP contribution is -2.09. The predicted molar refractivity (Wildman–Crippen MR) is 63.6 cm³/mol. The Hall–Kier alpha value is -1.94. The minimum absolute atomic E-state index is 0.0211. The summed E-state index contributed by atoms with van der Waals surface area (Å²) >= 11 is 0. The third kappa shape index (κ3) is 1.66. The number of carbonyl (C=O) groups is 1. The van der Waals surface area contributed by atoms with Crippen molar-refractivity contribution in [1.29, 1.82) is 0 Å². The number of benzene rings is 1. The Labute approximate surface area is 99.3 Å². The summed E-state index contributed by atoms with van der Waals surface area (Å²) in [6, 6.07) is 5.86. The standard InChI is InChI=1S/C13H13N3O/c1-16-5-4-15-13(16)12(17)9-2-3-10-7-14-8-11(10)6-9/h2-6,14H,7-8H2,1H3. The molecule has 0 atom stereocenters. The highest BCUT2D eigenvalue weighted by Gasteiger charge is 2.17. The minimum Gasteiger partial charge on any atom is -0.331 e. The fraction of sp³-hybridized carbons (Fsp3) is 0.231. The number of nitrogens with zero attached hydrogens (tertiary/aromatic N) is 2. The summed E-state index contributed by atoms with van der Waals surface area (Å²) in [5.74, 6) is 0.461. The number of aromatic nitrogens is 2. The number of aryl methyl sites for hydroxylation is 1. The molecule has 1 aliphatic heterocycles. The Morgan fingerprint density at radius 1 is 1.35 bits per heavy atom. The normalized spacial score (nSPS) is 13.7. The molecule has 0 amide bonds. The monoisotopic (exact) mass is 227 g/mol. The van der Waals surface area contributed by atoms with Crippen LogP contribution in [0.4, 0.5) is 0 Å². The fourth-order valence-electron chi connectivity index (χ4n) is 2.15. The van der Waals surface area contributed by atoms with Crippen molar-refractivity contribution >= 4 is 5.78 Å². The molecule has 1 aliphatic rings. The van der Waals surface area contributed by atoms with Crippen molar-refractivity contribution in [2.45, 2.75) is 13.1 Å². The second-order valence-electron chi connectivity index (χ2n) is 4.28. The van der Waals surface area contributed by atoms with Gasteiger partial charge in [0.2, 0.25) is 5.78 Å². The molecule has 0 fully saturated rings. The van der Waals surface area contributed by atoms with Crippen molar-refractivity contribution in [1.82, 2.24) is 14.9 Å². The molecule has 0 unspecified atom stereocenters. The summed E-state index contributed by atoms with van der Waals surface area (Å²) in [6.45, 7) is 1.74. The van der Waals surface area contributed by atoms with Gasteiger partial charge in [-0.25, -0.2) is 4.98 Å². The van der Waals surface area contributed by atoms with Crippen LogP contribution < -0.4 is 5.32 Å². The summed E-state index contributed by atoms with van der Waals surface area (Å²) in [5.41, 5.74) is 3.20. The van der Waals surface area contributed by atoms with Crippen LogP contribution in [0.5, 0.6) is 0 Å². The summed E-state index contributed by atoms with van der Waals surface area (Å²) in [5, 5.41) is 3.27. The van der Waals surface area contributed by atoms with E-state index in [1.807, 2.05) is 25.2 Å². The average molecular weight is 227 g/mol. The van der Waals surface area contributed by atoms with Gasteiger partial charge in [-0.05, 0) is 17.2 Å². The van der Waals surface area contributed by atoms with Crippen LogP contribution in [0.3, 0.4) is 0 Å². The second kappa shape index (κ2) is 3.82. The number of ketones is 1. The zero-order chi connectivity index (χ0) is 11.8. The lowest BCUT2D eigenvalue weighted by Gasteiger charge is -2.03. The van der Waals surface area contributed by atoms with Crippen LogP contribution >= 0.6 is 0 Å². The van der Waals surface area contributed by atoms with Gasteiger partial charge in [0.15, 0.2) is 5.82 Å². The zero-order valence-corrected chi connectivity index (χ0v) is 9.60. The molecule has 2 heterocycles. The molecule has 0 bridgehead atoms. The third-order valence-electron chi connectivity index (χ3n) is 3.12. The average Bonchev–Trinajstić information content (AvgIpc) is 2.95. The van der Waals surface area contributed by atoms with Crippen LogP contribution in [-0.4, -0.2) is 15.3 Å². The Bertz CT molecular complexity index is 586. The van der Waals surface area contributed by atoms with Gasteiger partial charge in [0.05, 0.1) is 0 Å². The van der Waals surface area contributed by atoms with E-state index >= 15 is 0 Å². The molecule has 4 heteroatoms. The van der Waals surface area contributed by atoms with E-state index in [4.69, 9.17) is 0 Å². The van der Waals surface area contributed by atoms with Gasteiger partial charge in [0.1, 0.15) is 0 Å². The lowest BCUT2D eigenvalue weighted by atomic mass is 10.0. The lowest BCUT2D eigenvalue weighted by molar-refractivity contribution is 0.102. The van der Waals surface area contributed by atoms with Crippen LogP contribution in [-0.2, 0) is 20.1 Å². The number of carbonyl (C=O) groups excluding carboxylic acids is 1. The van der Waals surface area contributed by atoms with E-state index in [1.54, 1.807) is 17.0 Å². The van der Waals surface area contributed by atoms with E-state index in [9.17, 15) is 4.79 Å². The topological polar surface area (TPSA) is 46.9 Å². The molecule has 3 rings (SSSR count). The maximum Gasteiger partial charge on any atom is 0.228 e. The first kappa shape index (κ1) is 10.2. The Kier molecular flexibility index (Phi) is 2.30. The molecule has 0 spiro atoms. The highest BCUT2D eigenvalue weighted by Crippen LogP contribution is 2.18. The minimum atomic E-state index is -0.0211. The molecule has 2 aromatic rings. The molecule has 0 aliphatic carbocycles. The molecule has 1 N–H and O–H groups in total. The van der Waals surface area contributed by atoms with Crippen molar-refractivity contribution in [3.63, 3.8) is 0 Å². The van der Waals surface area contributed by atoms with Crippen molar-refractivity contribution in [3.05, 3.63) is 53.1 Å². The first-order valence-corrected chi connectivity index (χ1v) is 5.60. The van der Waals surface area contributed by atoms with E-state index in [1.165, 1.54) is 11.1 Å².